The van der Waals surface area contributed by atoms with Gasteiger partial charge in [-0.15, -0.1) is 11.3 Å². The number of Topliss-reactive ketones (excluding diaryl/α,β-unsaturated/α-hetero) is 1. The molecule has 1 N–H and O–H groups in total. The standard InChI is InChI=1S/C26H24N2O3S/c1-31-18-11-9-17(10-12-18)25-13-5-14-28(25)26(19-6-2-3-7-21(19)27-24(26)30)20(16-25)23(29)22-8-4-15-32-22/h2-4,6-12,15,20H,5,13-14,16H2,1H3,(H,27,30)/t20-,25-,26+/m1/s1. The van der Waals surface area contributed by atoms with Crippen molar-refractivity contribution in [2.45, 2.75) is 30.3 Å². The summed E-state index contributed by atoms with van der Waals surface area (Å²) in [6, 6.07) is 19.8. The van der Waals surface area contributed by atoms with E-state index in [9.17, 15) is 9.59 Å². The molecule has 32 heavy (non-hydrogen) atoms. The predicted octanol–water partition coefficient (Wildman–Crippen LogP) is 4.80. The predicted molar refractivity (Wildman–Crippen MR) is 124 cm³/mol. The maximum Gasteiger partial charge on any atom is 0.250 e. The maximum atomic E-state index is 13.9. The molecule has 2 fully saturated rings. The van der Waals surface area contributed by atoms with E-state index in [4.69, 9.17) is 4.74 Å². The van der Waals surface area contributed by atoms with E-state index in [1.807, 2.05) is 53.9 Å². The summed E-state index contributed by atoms with van der Waals surface area (Å²) in [4.78, 5) is 30.8. The Kier molecular flexibility index (Phi) is 4.32. The number of hydrogen-bond donors (Lipinski definition) is 1. The number of para-hydroxylation sites is 1. The topological polar surface area (TPSA) is 58.6 Å². The van der Waals surface area contributed by atoms with Crippen molar-refractivity contribution >= 4 is 28.7 Å². The largest absolute Gasteiger partial charge is 0.497 e. The van der Waals surface area contributed by atoms with E-state index in [-0.39, 0.29) is 17.2 Å². The molecule has 0 unspecified atom stereocenters. The minimum atomic E-state index is -0.992. The molecule has 162 valence electrons. The summed E-state index contributed by atoms with van der Waals surface area (Å²) >= 11 is 1.45. The number of rotatable bonds is 4. The van der Waals surface area contributed by atoms with E-state index in [1.165, 1.54) is 11.3 Å². The Morgan fingerprint density at radius 2 is 1.94 bits per heavy atom. The number of hydrogen-bond acceptors (Lipinski definition) is 5. The second-order valence-corrected chi connectivity index (χ2v) is 9.83. The number of thiophene rings is 1. The van der Waals surface area contributed by atoms with Gasteiger partial charge in [0.2, 0.25) is 5.91 Å². The molecule has 0 aliphatic carbocycles. The fraction of sp³-hybridized carbons (Fsp3) is 0.308. The number of ketones is 1. The van der Waals surface area contributed by atoms with Crippen molar-refractivity contribution in [3.63, 3.8) is 0 Å². The molecule has 6 rings (SSSR count). The van der Waals surface area contributed by atoms with Crippen LogP contribution in [0.15, 0.2) is 66.0 Å². The molecule has 3 aromatic rings. The molecule has 0 saturated carbocycles. The van der Waals surface area contributed by atoms with Crippen molar-refractivity contribution in [3.8, 4) is 5.75 Å². The van der Waals surface area contributed by atoms with Gasteiger partial charge < -0.3 is 10.1 Å². The third-order valence-corrected chi connectivity index (χ3v) is 8.48. The molecular weight excluding hydrogens is 420 g/mol. The second kappa shape index (κ2) is 7.02. The Balaban J connectivity index is 1.58. The zero-order valence-electron chi connectivity index (χ0n) is 17.8. The van der Waals surface area contributed by atoms with E-state index in [1.54, 1.807) is 7.11 Å². The highest BCUT2D eigenvalue weighted by Gasteiger charge is 2.70. The number of nitrogens with zero attached hydrogens (tertiary/aromatic N) is 1. The number of anilines is 1. The van der Waals surface area contributed by atoms with Gasteiger partial charge in [-0.05, 0) is 54.5 Å². The third kappa shape index (κ3) is 2.42. The number of amides is 1. The first-order valence-electron chi connectivity index (χ1n) is 11.0. The highest BCUT2D eigenvalue weighted by atomic mass is 32.1. The quantitative estimate of drug-likeness (QED) is 0.588. The number of benzene rings is 2. The summed E-state index contributed by atoms with van der Waals surface area (Å²) in [7, 11) is 1.66. The number of carbonyl (C=O) groups excluding carboxylic acids is 2. The lowest BCUT2D eigenvalue weighted by Crippen LogP contribution is -2.54. The van der Waals surface area contributed by atoms with Crippen LogP contribution in [0.2, 0.25) is 0 Å². The van der Waals surface area contributed by atoms with E-state index in [0.717, 1.165) is 46.8 Å². The Morgan fingerprint density at radius 1 is 1.12 bits per heavy atom. The van der Waals surface area contributed by atoms with Gasteiger partial charge in [-0.1, -0.05) is 36.4 Å². The van der Waals surface area contributed by atoms with Gasteiger partial charge in [0.05, 0.1) is 17.9 Å². The van der Waals surface area contributed by atoms with Crippen LogP contribution in [0.3, 0.4) is 0 Å². The monoisotopic (exact) mass is 444 g/mol. The van der Waals surface area contributed by atoms with E-state index >= 15 is 0 Å². The zero-order chi connectivity index (χ0) is 21.9. The van der Waals surface area contributed by atoms with E-state index in [0.29, 0.717) is 6.42 Å². The fourth-order valence-corrected chi connectivity index (χ4v) is 7.07. The van der Waals surface area contributed by atoms with Crippen LogP contribution >= 0.6 is 11.3 Å². The van der Waals surface area contributed by atoms with Gasteiger partial charge in [0.15, 0.2) is 5.78 Å². The summed E-state index contributed by atoms with van der Waals surface area (Å²) < 4.78 is 5.38. The lowest BCUT2D eigenvalue weighted by molar-refractivity contribution is -0.129. The first-order valence-corrected chi connectivity index (χ1v) is 11.9. The first-order chi connectivity index (χ1) is 15.6. The van der Waals surface area contributed by atoms with Gasteiger partial charge in [0.1, 0.15) is 11.3 Å². The van der Waals surface area contributed by atoms with Crippen molar-refractivity contribution in [2.24, 2.45) is 5.92 Å². The molecule has 0 radical (unpaired) electrons. The van der Waals surface area contributed by atoms with Gasteiger partial charge in [-0.3, -0.25) is 14.5 Å². The average Bonchev–Trinajstić information content (AvgIpc) is 3.59. The Bertz CT molecular complexity index is 1210. The average molecular weight is 445 g/mol. The molecule has 3 aliphatic heterocycles. The van der Waals surface area contributed by atoms with Gasteiger partial charge in [-0.2, -0.15) is 0 Å². The van der Waals surface area contributed by atoms with Crippen LogP contribution in [-0.2, 0) is 15.9 Å². The van der Waals surface area contributed by atoms with Crippen LogP contribution in [0, 0.1) is 5.92 Å². The van der Waals surface area contributed by atoms with Gasteiger partial charge >= 0.3 is 0 Å². The summed E-state index contributed by atoms with van der Waals surface area (Å²) in [6.45, 7) is 0.780. The summed E-state index contributed by atoms with van der Waals surface area (Å²) in [5.41, 5.74) is 1.54. The molecule has 6 heteroatoms. The minimum absolute atomic E-state index is 0.0640. The number of nitrogens with one attached hydrogen (secondary N) is 1. The number of fused-ring (bicyclic) bond motifs is 4. The maximum absolute atomic E-state index is 13.9. The van der Waals surface area contributed by atoms with Crippen LogP contribution in [0.1, 0.15) is 40.1 Å². The van der Waals surface area contributed by atoms with Gasteiger partial charge in [0.25, 0.3) is 0 Å². The smallest absolute Gasteiger partial charge is 0.250 e. The van der Waals surface area contributed by atoms with Crippen molar-refractivity contribution in [2.75, 3.05) is 19.0 Å². The molecule has 2 saturated heterocycles. The summed E-state index contributed by atoms with van der Waals surface area (Å²) in [6.07, 6.45) is 2.53. The molecule has 3 aliphatic rings. The highest BCUT2D eigenvalue weighted by Crippen LogP contribution is 2.63. The van der Waals surface area contributed by atoms with Crippen LogP contribution < -0.4 is 10.1 Å². The van der Waals surface area contributed by atoms with Crippen molar-refractivity contribution in [1.82, 2.24) is 4.90 Å². The van der Waals surface area contributed by atoms with Gasteiger partial charge in [-0.25, -0.2) is 0 Å². The number of methoxy groups -OCH3 is 1. The van der Waals surface area contributed by atoms with Crippen LogP contribution in [0.25, 0.3) is 0 Å². The second-order valence-electron chi connectivity index (χ2n) is 8.88. The molecular formula is C26H24N2O3S. The lowest BCUT2D eigenvalue weighted by Gasteiger charge is -2.41. The lowest BCUT2D eigenvalue weighted by atomic mass is 9.75. The zero-order valence-corrected chi connectivity index (χ0v) is 18.7. The van der Waals surface area contributed by atoms with Crippen LogP contribution in [-0.4, -0.2) is 30.2 Å². The molecule has 2 aromatic carbocycles. The van der Waals surface area contributed by atoms with Gasteiger partial charge in [0, 0.05) is 23.3 Å². The van der Waals surface area contributed by atoms with Crippen LogP contribution in [0.4, 0.5) is 5.69 Å². The molecule has 5 nitrogen and oxygen atoms in total. The van der Waals surface area contributed by atoms with Crippen LogP contribution in [0.5, 0.6) is 5.75 Å². The summed E-state index contributed by atoms with van der Waals surface area (Å²) in [5.74, 6) is 0.338. The molecule has 0 bridgehead atoms. The molecule has 4 heterocycles. The Labute approximate surface area is 191 Å². The van der Waals surface area contributed by atoms with Crippen molar-refractivity contribution in [1.29, 1.82) is 0 Å². The fourth-order valence-electron chi connectivity index (χ4n) is 6.35. The molecule has 1 aromatic heterocycles. The SMILES string of the molecule is COc1ccc([C@]23CCCN2[C@]2(C(=O)Nc4ccccc42)[C@@H](C(=O)c2cccs2)C3)cc1. The third-order valence-electron chi connectivity index (χ3n) is 7.60. The first kappa shape index (κ1) is 19.7. The van der Waals surface area contributed by atoms with E-state index in [2.05, 4.69) is 22.3 Å². The highest BCUT2D eigenvalue weighted by molar-refractivity contribution is 7.12. The molecule has 1 spiro atoms. The Hall–Kier alpha value is -2.96. The minimum Gasteiger partial charge on any atom is -0.497 e. The normalized spacial score (nSPS) is 28.5. The number of carbonyl (C=O) groups is 2. The van der Waals surface area contributed by atoms with Crippen molar-refractivity contribution in [3.05, 3.63) is 82.0 Å². The molecule has 1 amide bonds. The Morgan fingerprint density at radius 3 is 2.69 bits per heavy atom. The molecule has 3 atom stereocenters. The summed E-state index contributed by atoms with van der Waals surface area (Å²) in [5, 5.41) is 5.04. The van der Waals surface area contributed by atoms with E-state index < -0.39 is 11.5 Å². The number of ether oxygens (including phenoxy) is 1. The van der Waals surface area contributed by atoms with Crippen molar-refractivity contribution < 1.29 is 14.3 Å².